The Hall–Kier alpha value is -3.88. The van der Waals surface area contributed by atoms with Crippen LogP contribution >= 0.6 is 0 Å². The van der Waals surface area contributed by atoms with Crippen LogP contribution in [-0.2, 0) is 0 Å². The first-order valence-corrected chi connectivity index (χ1v) is 12.0. The van der Waals surface area contributed by atoms with Gasteiger partial charge in [-0.15, -0.1) is 0 Å². The number of nitro groups is 1. The molecule has 2 bridgehead atoms. The number of aromatic nitrogens is 4. The van der Waals surface area contributed by atoms with E-state index in [0.717, 1.165) is 11.5 Å². The number of nitro benzene ring substituents is 1. The average molecular weight is 473 g/mol. The number of halogens is 1. The smallest absolute Gasteiger partial charge is 0.269 e. The molecule has 1 aromatic carbocycles. The summed E-state index contributed by atoms with van der Waals surface area (Å²) < 4.78 is 14.0. The summed E-state index contributed by atoms with van der Waals surface area (Å²) in [7, 11) is 0. The van der Waals surface area contributed by atoms with E-state index in [-0.39, 0.29) is 5.69 Å². The highest BCUT2D eigenvalue weighted by atomic mass is 19.1. The third-order valence-corrected chi connectivity index (χ3v) is 7.79. The van der Waals surface area contributed by atoms with Crippen molar-refractivity contribution in [1.29, 1.82) is 0 Å². The molecule has 8 nitrogen and oxygen atoms in total. The van der Waals surface area contributed by atoms with Crippen molar-refractivity contribution in [1.82, 2.24) is 19.9 Å². The Labute approximate surface area is 201 Å². The van der Waals surface area contributed by atoms with Crippen molar-refractivity contribution in [2.24, 2.45) is 17.8 Å². The van der Waals surface area contributed by atoms with Crippen LogP contribution in [0.4, 0.5) is 15.9 Å². The van der Waals surface area contributed by atoms with E-state index in [0.29, 0.717) is 51.8 Å². The Bertz CT molecular complexity index is 1410. The van der Waals surface area contributed by atoms with Crippen LogP contribution in [0.3, 0.4) is 0 Å². The van der Waals surface area contributed by atoms with Crippen molar-refractivity contribution in [3.05, 3.63) is 64.7 Å². The van der Waals surface area contributed by atoms with Gasteiger partial charge in [0.1, 0.15) is 17.3 Å². The van der Waals surface area contributed by atoms with E-state index in [1.54, 1.807) is 18.3 Å². The molecule has 3 fully saturated rings. The minimum absolute atomic E-state index is 0.0200. The van der Waals surface area contributed by atoms with Crippen LogP contribution in [0.2, 0.25) is 0 Å². The fourth-order valence-electron chi connectivity index (χ4n) is 5.88. The Morgan fingerprint density at radius 2 is 1.83 bits per heavy atom. The number of H-pyrrole nitrogens is 1. The van der Waals surface area contributed by atoms with Crippen molar-refractivity contribution >= 4 is 22.5 Å². The number of anilines is 1. The molecule has 178 valence electrons. The minimum atomic E-state index is -0.435. The summed E-state index contributed by atoms with van der Waals surface area (Å²) in [5.74, 6) is 2.60. The zero-order valence-electron chi connectivity index (χ0n) is 19.2. The maximum Gasteiger partial charge on any atom is 0.269 e. The normalized spacial score (nSPS) is 23.5. The molecule has 0 saturated heterocycles. The van der Waals surface area contributed by atoms with Crippen LogP contribution in [0.1, 0.15) is 32.6 Å². The molecule has 9 heteroatoms. The highest BCUT2D eigenvalue weighted by Crippen LogP contribution is 2.46. The van der Waals surface area contributed by atoms with Crippen LogP contribution in [0, 0.1) is 33.7 Å². The van der Waals surface area contributed by atoms with Crippen LogP contribution in [-0.4, -0.2) is 30.9 Å². The molecule has 0 aliphatic heterocycles. The molecule has 0 spiro atoms. The second-order valence-electron chi connectivity index (χ2n) is 9.72. The number of benzene rings is 1. The maximum absolute atomic E-state index is 14.0. The van der Waals surface area contributed by atoms with Crippen molar-refractivity contribution in [2.75, 3.05) is 5.32 Å². The first kappa shape index (κ1) is 21.6. The van der Waals surface area contributed by atoms with Crippen LogP contribution < -0.4 is 5.32 Å². The quantitative estimate of drug-likeness (QED) is 0.273. The van der Waals surface area contributed by atoms with Crippen molar-refractivity contribution in [3.63, 3.8) is 0 Å². The predicted octanol–water partition coefficient (Wildman–Crippen LogP) is 5.97. The van der Waals surface area contributed by atoms with E-state index >= 15 is 0 Å². The highest BCUT2D eigenvalue weighted by Gasteiger charge is 2.41. The molecule has 3 heterocycles. The summed E-state index contributed by atoms with van der Waals surface area (Å²) in [6, 6.07) is 9.97. The van der Waals surface area contributed by atoms with Gasteiger partial charge in [-0.1, -0.05) is 6.92 Å². The molecular weight excluding hydrogens is 447 g/mol. The third-order valence-electron chi connectivity index (χ3n) is 7.79. The van der Waals surface area contributed by atoms with E-state index in [9.17, 15) is 14.5 Å². The van der Waals surface area contributed by atoms with E-state index in [1.807, 2.05) is 6.07 Å². The Morgan fingerprint density at radius 3 is 2.54 bits per heavy atom. The van der Waals surface area contributed by atoms with Gasteiger partial charge in [-0.2, -0.15) is 0 Å². The Balaban J connectivity index is 1.44. The number of nitrogens with zero attached hydrogens (tertiary/aromatic N) is 4. The largest absolute Gasteiger partial charge is 0.367 e. The van der Waals surface area contributed by atoms with Gasteiger partial charge in [-0.3, -0.25) is 10.1 Å². The Kier molecular flexibility index (Phi) is 5.20. The standard InChI is InChI=1S/C26H25FN6O2/c1-14-15-2-4-17(5-3-15)24(14)31-23-11-22(16-6-8-19(9-7-16)33(34)35)30-26(32-23)21-13-29-25-20(21)10-18(27)12-28-25/h6-15,17,24H,2-5H2,1H3,(H,28,29)(H,30,31,32). The van der Waals surface area contributed by atoms with Crippen LogP contribution in [0.15, 0.2) is 48.8 Å². The zero-order chi connectivity index (χ0) is 24.1. The van der Waals surface area contributed by atoms with Gasteiger partial charge in [0, 0.05) is 47.0 Å². The van der Waals surface area contributed by atoms with Gasteiger partial charge < -0.3 is 10.3 Å². The molecule has 3 aliphatic rings. The maximum atomic E-state index is 14.0. The molecule has 2 atom stereocenters. The summed E-state index contributed by atoms with van der Waals surface area (Å²) >= 11 is 0. The van der Waals surface area contributed by atoms with Crippen molar-refractivity contribution < 1.29 is 9.31 Å². The molecule has 4 aromatic rings. The SMILES string of the molecule is CC1C2CCC(CC2)C1Nc1cc(-c2ccc([N+](=O)[O-])cc2)nc(-c2c[nH]c3ncc(F)cc23)n1. The lowest BCUT2D eigenvalue weighted by Gasteiger charge is -2.47. The van der Waals surface area contributed by atoms with Gasteiger partial charge in [-0.25, -0.2) is 19.3 Å². The lowest BCUT2D eigenvalue weighted by atomic mass is 9.62. The molecular formula is C26H25FN6O2. The highest BCUT2D eigenvalue weighted by molar-refractivity contribution is 5.92. The fourth-order valence-corrected chi connectivity index (χ4v) is 5.88. The fraction of sp³-hybridized carbons (Fsp3) is 0.346. The van der Waals surface area contributed by atoms with E-state index < -0.39 is 10.7 Å². The van der Waals surface area contributed by atoms with Gasteiger partial charge in [0.15, 0.2) is 5.82 Å². The summed E-state index contributed by atoms with van der Waals surface area (Å²) in [4.78, 5) is 27.5. The minimum Gasteiger partial charge on any atom is -0.367 e. The summed E-state index contributed by atoms with van der Waals surface area (Å²) in [6.45, 7) is 2.32. The second-order valence-corrected chi connectivity index (χ2v) is 9.72. The van der Waals surface area contributed by atoms with Gasteiger partial charge in [0.05, 0.1) is 16.8 Å². The van der Waals surface area contributed by atoms with Gasteiger partial charge in [0.2, 0.25) is 0 Å². The summed E-state index contributed by atoms with van der Waals surface area (Å²) in [5, 5.41) is 15.4. The molecule has 0 amide bonds. The number of rotatable bonds is 5. The topological polar surface area (TPSA) is 110 Å². The predicted molar refractivity (Wildman–Crippen MR) is 131 cm³/mol. The lowest BCUT2D eigenvalue weighted by Crippen LogP contribution is -2.47. The first-order valence-electron chi connectivity index (χ1n) is 12.0. The monoisotopic (exact) mass is 472 g/mol. The van der Waals surface area contributed by atoms with E-state index in [4.69, 9.17) is 9.97 Å². The Morgan fingerprint density at radius 1 is 1.09 bits per heavy atom. The third kappa shape index (κ3) is 3.90. The number of hydrogen-bond acceptors (Lipinski definition) is 6. The first-order chi connectivity index (χ1) is 17.0. The number of pyridine rings is 1. The zero-order valence-corrected chi connectivity index (χ0v) is 19.2. The molecule has 3 aromatic heterocycles. The number of non-ortho nitro benzene ring substituents is 1. The van der Waals surface area contributed by atoms with Gasteiger partial charge in [-0.05, 0) is 61.6 Å². The van der Waals surface area contributed by atoms with Crippen LogP contribution in [0.5, 0.6) is 0 Å². The molecule has 35 heavy (non-hydrogen) atoms. The van der Waals surface area contributed by atoms with Gasteiger partial charge >= 0.3 is 0 Å². The number of hydrogen-bond donors (Lipinski definition) is 2. The lowest BCUT2D eigenvalue weighted by molar-refractivity contribution is -0.384. The molecule has 3 aliphatic carbocycles. The molecule has 2 N–H and O–H groups in total. The van der Waals surface area contributed by atoms with E-state index in [1.165, 1.54) is 50.1 Å². The average Bonchev–Trinajstić information content (AvgIpc) is 3.29. The number of fused-ring (bicyclic) bond motifs is 4. The molecule has 7 rings (SSSR count). The summed E-state index contributed by atoms with van der Waals surface area (Å²) in [5.41, 5.74) is 2.60. The second kappa shape index (κ2) is 8.41. The van der Waals surface area contributed by atoms with Gasteiger partial charge in [0.25, 0.3) is 5.69 Å². The van der Waals surface area contributed by atoms with Crippen molar-refractivity contribution in [3.8, 4) is 22.6 Å². The molecule has 3 saturated carbocycles. The van der Waals surface area contributed by atoms with E-state index in [2.05, 4.69) is 22.2 Å². The number of nitrogens with one attached hydrogen (secondary N) is 2. The van der Waals surface area contributed by atoms with Crippen LogP contribution in [0.25, 0.3) is 33.7 Å². The molecule has 2 unspecified atom stereocenters. The summed E-state index contributed by atoms with van der Waals surface area (Å²) in [6.07, 6.45) is 7.95. The molecule has 0 radical (unpaired) electrons. The number of aromatic amines is 1. The van der Waals surface area contributed by atoms with Crippen molar-refractivity contribution in [2.45, 2.75) is 38.6 Å².